The molecule has 0 saturated carbocycles. The molecule has 4 N–H and O–H groups in total. The third kappa shape index (κ3) is 7.20. The normalized spacial score (nSPS) is 9.80. The van der Waals surface area contributed by atoms with Gasteiger partial charge in [0.1, 0.15) is 0 Å². The number of benzene rings is 2. The summed E-state index contributed by atoms with van der Waals surface area (Å²) in [6.45, 7) is 1.45. The molecule has 0 heterocycles. The van der Waals surface area contributed by atoms with E-state index in [4.69, 9.17) is 11.5 Å². The maximum Gasteiger partial charge on any atom is 0.0175 e. The lowest BCUT2D eigenvalue weighted by molar-refractivity contribution is 0.968. The minimum absolute atomic E-state index is 0.724. The molecule has 0 aliphatic rings. The highest BCUT2D eigenvalue weighted by atomic mass is 79.9. The van der Waals surface area contributed by atoms with Gasteiger partial charge in [-0.1, -0.05) is 56.1 Å². The quantitative estimate of drug-likeness (QED) is 0.818. The van der Waals surface area contributed by atoms with Gasteiger partial charge >= 0.3 is 0 Å². The molecule has 20 heavy (non-hydrogen) atoms. The predicted molar refractivity (Wildman–Crippen MR) is 93.8 cm³/mol. The van der Waals surface area contributed by atoms with Crippen molar-refractivity contribution in [2.75, 3.05) is 13.1 Å². The van der Waals surface area contributed by atoms with Gasteiger partial charge in [-0.05, 0) is 61.3 Å². The number of hydrogen-bond donors (Lipinski definition) is 2. The Morgan fingerprint density at radius 3 is 1.15 bits per heavy atom. The van der Waals surface area contributed by atoms with Gasteiger partial charge in [-0.3, -0.25) is 0 Å². The standard InChI is InChI=1S/2C8H10BrN/c2*9-8-3-1-7(2-4-8)5-6-10/h2*1-4H,5-6,10H2. The van der Waals surface area contributed by atoms with Crippen LogP contribution in [0.25, 0.3) is 0 Å². The first-order valence-corrected chi connectivity index (χ1v) is 8.13. The fraction of sp³-hybridized carbons (Fsp3) is 0.250. The summed E-state index contributed by atoms with van der Waals surface area (Å²) in [7, 11) is 0. The molecule has 4 heteroatoms. The van der Waals surface area contributed by atoms with Gasteiger partial charge in [-0.15, -0.1) is 0 Å². The minimum Gasteiger partial charge on any atom is -0.330 e. The van der Waals surface area contributed by atoms with E-state index in [-0.39, 0.29) is 0 Å². The highest BCUT2D eigenvalue weighted by Gasteiger charge is 1.89. The first-order valence-electron chi connectivity index (χ1n) is 6.54. The third-order valence-electron chi connectivity index (χ3n) is 2.69. The lowest BCUT2D eigenvalue weighted by Crippen LogP contribution is -2.01. The van der Waals surface area contributed by atoms with Crippen LogP contribution in [0.1, 0.15) is 11.1 Å². The first kappa shape index (κ1) is 17.4. The molecule has 0 fully saturated rings. The van der Waals surface area contributed by atoms with Gasteiger partial charge < -0.3 is 11.5 Å². The number of halogens is 2. The highest BCUT2D eigenvalue weighted by molar-refractivity contribution is 9.10. The molecule has 0 bridgehead atoms. The van der Waals surface area contributed by atoms with Gasteiger partial charge in [-0.2, -0.15) is 0 Å². The Morgan fingerprint density at radius 2 is 0.900 bits per heavy atom. The van der Waals surface area contributed by atoms with E-state index >= 15 is 0 Å². The average molecular weight is 400 g/mol. The zero-order chi connectivity index (χ0) is 14.8. The van der Waals surface area contributed by atoms with Crippen LogP contribution >= 0.6 is 31.9 Å². The monoisotopic (exact) mass is 398 g/mol. The van der Waals surface area contributed by atoms with Crippen molar-refractivity contribution in [2.24, 2.45) is 11.5 Å². The van der Waals surface area contributed by atoms with Gasteiger partial charge in [0.2, 0.25) is 0 Å². The van der Waals surface area contributed by atoms with E-state index in [1.54, 1.807) is 0 Å². The summed E-state index contributed by atoms with van der Waals surface area (Å²) in [5, 5.41) is 0. The van der Waals surface area contributed by atoms with Crippen molar-refractivity contribution in [3.05, 3.63) is 68.6 Å². The van der Waals surface area contributed by atoms with Gasteiger partial charge in [0.15, 0.2) is 0 Å². The summed E-state index contributed by atoms with van der Waals surface area (Å²) in [6, 6.07) is 16.5. The summed E-state index contributed by atoms with van der Waals surface area (Å²) in [6.07, 6.45) is 1.93. The zero-order valence-electron chi connectivity index (χ0n) is 11.4. The molecule has 0 spiro atoms. The number of nitrogens with two attached hydrogens (primary N) is 2. The van der Waals surface area contributed by atoms with E-state index in [0.29, 0.717) is 0 Å². The lowest BCUT2D eigenvalue weighted by atomic mass is 10.2. The Bertz CT molecular complexity index is 433. The zero-order valence-corrected chi connectivity index (χ0v) is 14.5. The maximum atomic E-state index is 5.39. The molecule has 2 nitrogen and oxygen atoms in total. The lowest BCUT2D eigenvalue weighted by Gasteiger charge is -1.96. The van der Waals surface area contributed by atoms with E-state index in [9.17, 15) is 0 Å². The molecule has 0 aromatic heterocycles. The van der Waals surface area contributed by atoms with Crippen LogP contribution in [-0.4, -0.2) is 13.1 Å². The van der Waals surface area contributed by atoms with E-state index in [2.05, 4.69) is 56.1 Å². The van der Waals surface area contributed by atoms with Crippen LogP contribution in [-0.2, 0) is 12.8 Å². The number of rotatable bonds is 4. The molecule has 2 aromatic rings. The van der Waals surface area contributed by atoms with Crippen LogP contribution in [0.5, 0.6) is 0 Å². The van der Waals surface area contributed by atoms with Gasteiger partial charge in [0, 0.05) is 8.95 Å². The van der Waals surface area contributed by atoms with Crippen molar-refractivity contribution in [3.63, 3.8) is 0 Å². The first-order chi connectivity index (χ1) is 9.65. The van der Waals surface area contributed by atoms with Crippen molar-refractivity contribution in [2.45, 2.75) is 12.8 Å². The molecule has 0 aliphatic heterocycles. The number of hydrogen-bond acceptors (Lipinski definition) is 2. The Labute approximate surface area is 137 Å². The van der Waals surface area contributed by atoms with Crippen molar-refractivity contribution in [3.8, 4) is 0 Å². The molecular formula is C16H20Br2N2. The molecule has 108 valence electrons. The smallest absolute Gasteiger partial charge is 0.0175 e. The largest absolute Gasteiger partial charge is 0.330 e. The maximum absolute atomic E-state index is 5.39. The minimum atomic E-state index is 0.724. The van der Waals surface area contributed by atoms with Gasteiger partial charge in [-0.25, -0.2) is 0 Å². The fourth-order valence-corrected chi connectivity index (χ4v) is 2.16. The Balaban J connectivity index is 0.000000200. The molecular weight excluding hydrogens is 380 g/mol. The summed E-state index contributed by atoms with van der Waals surface area (Å²) in [5.41, 5.74) is 13.4. The summed E-state index contributed by atoms with van der Waals surface area (Å²) < 4.78 is 2.24. The topological polar surface area (TPSA) is 52.0 Å². The van der Waals surface area contributed by atoms with Crippen molar-refractivity contribution >= 4 is 31.9 Å². The Kier molecular flexibility index (Phi) is 8.78. The molecule has 2 rings (SSSR count). The van der Waals surface area contributed by atoms with Crippen LogP contribution in [0.4, 0.5) is 0 Å². The van der Waals surface area contributed by atoms with E-state index in [1.165, 1.54) is 11.1 Å². The van der Waals surface area contributed by atoms with Crippen molar-refractivity contribution < 1.29 is 0 Å². The van der Waals surface area contributed by atoms with Crippen molar-refractivity contribution in [1.82, 2.24) is 0 Å². The Morgan fingerprint density at radius 1 is 0.600 bits per heavy atom. The molecule has 0 atom stereocenters. The van der Waals surface area contributed by atoms with Crippen LogP contribution in [0, 0.1) is 0 Å². The van der Waals surface area contributed by atoms with Gasteiger partial charge in [0.05, 0.1) is 0 Å². The second-order valence-corrected chi connectivity index (χ2v) is 6.16. The summed E-state index contributed by atoms with van der Waals surface area (Å²) in [5.74, 6) is 0. The highest BCUT2D eigenvalue weighted by Crippen LogP contribution is 2.10. The SMILES string of the molecule is NCCc1ccc(Br)cc1.NCCc1ccc(Br)cc1. The summed E-state index contributed by atoms with van der Waals surface area (Å²) in [4.78, 5) is 0. The second-order valence-electron chi connectivity index (χ2n) is 4.33. The van der Waals surface area contributed by atoms with Crippen molar-refractivity contribution in [1.29, 1.82) is 0 Å². The van der Waals surface area contributed by atoms with Crippen LogP contribution in [0.3, 0.4) is 0 Å². The predicted octanol–water partition coefficient (Wildman–Crippen LogP) is 3.90. The molecule has 2 aromatic carbocycles. The molecule has 0 amide bonds. The molecule has 0 saturated heterocycles. The van der Waals surface area contributed by atoms with Crippen LogP contribution in [0.15, 0.2) is 57.5 Å². The second kappa shape index (κ2) is 10.1. The van der Waals surface area contributed by atoms with E-state index in [0.717, 1.165) is 34.9 Å². The van der Waals surface area contributed by atoms with Crippen LogP contribution in [0.2, 0.25) is 0 Å². The third-order valence-corrected chi connectivity index (χ3v) is 3.75. The summed E-state index contributed by atoms with van der Waals surface area (Å²) >= 11 is 6.73. The van der Waals surface area contributed by atoms with E-state index in [1.807, 2.05) is 24.3 Å². The molecule has 0 aliphatic carbocycles. The van der Waals surface area contributed by atoms with E-state index < -0.39 is 0 Å². The fourth-order valence-electron chi connectivity index (χ4n) is 1.64. The average Bonchev–Trinajstić information content (AvgIpc) is 2.45. The van der Waals surface area contributed by atoms with Gasteiger partial charge in [0.25, 0.3) is 0 Å². The molecule has 0 unspecified atom stereocenters. The van der Waals surface area contributed by atoms with Crippen LogP contribution < -0.4 is 11.5 Å². The molecule has 0 radical (unpaired) electrons. The Hall–Kier alpha value is -0.680.